The van der Waals surface area contributed by atoms with Crippen molar-refractivity contribution in [2.24, 2.45) is 0 Å². The minimum Gasteiger partial charge on any atom is -0.324 e. The number of aryl methyl sites for hydroxylation is 4. The summed E-state index contributed by atoms with van der Waals surface area (Å²) in [5.41, 5.74) is 5.88. The summed E-state index contributed by atoms with van der Waals surface area (Å²) in [6.07, 6.45) is 0. The molecule has 0 saturated carbocycles. The first kappa shape index (κ1) is 20.6. The van der Waals surface area contributed by atoms with E-state index < -0.39 is 6.04 Å². The Morgan fingerprint density at radius 2 is 1.56 bits per heavy atom. The van der Waals surface area contributed by atoms with Gasteiger partial charge in [0.1, 0.15) is 0 Å². The van der Waals surface area contributed by atoms with Gasteiger partial charge in [-0.15, -0.1) is 0 Å². The SMILES string of the molecule is Cc1cc(C)c(NC(=O)CN(C)C(C)C(=O)Nc2ccccc2C)c(C)c1. The predicted molar refractivity (Wildman–Crippen MR) is 111 cm³/mol. The number of hydrogen-bond donors (Lipinski definition) is 2. The van der Waals surface area contributed by atoms with Gasteiger partial charge in [-0.05, 0) is 64.4 Å². The number of rotatable bonds is 6. The molecule has 0 aromatic heterocycles. The molecule has 0 spiro atoms. The first-order valence-corrected chi connectivity index (χ1v) is 9.13. The fraction of sp³-hybridized carbons (Fsp3) is 0.364. The number of carbonyl (C=O) groups excluding carboxylic acids is 2. The lowest BCUT2D eigenvalue weighted by molar-refractivity contribution is -0.122. The van der Waals surface area contributed by atoms with E-state index >= 15 is 0 Å². The molecule has 2 amide bonds. The number of hydrogen-bond acceptors (Lipinski definition) is 3. The molecule has 144 valence electrons. The summed E-state index contributed by atoms with van der Waals surface area (Å²) >= 11 is 0. The Hall–Kier alpha value is -2.66. The van der Waals surface area contributed by atoms with Gasteiger partial charge in [0.2, 0.25) is 11.8 Å². The molecule has 0 aliphatic carbocycles. The number of likely N-dealkylation sites (N-methyl/N-ethyl adjacent to an activating group) is 1. The summed E-state index contributed by atoms with van der Waals surface area (Å²) in [5.74, 6) is -0.273. The quantitative estimate of drug-likeness (QED) is 0.816. The molecule has 5 nitrogen and oxygen atoms in total. The molecule has 2 N–H and O–H groups in total. The first-order valence-electron chi connectivity index (χ1n) is 9.13. The maximum absolute atomic E-state index is 12.5. The minimum absolute atomic E-state index is 0.134. The van der Waals surface area contributed by atoms with E-state index in [-0.39, 0.29) is 18.4 Å². The Bertz CT molecular complexity index is 822. The number of amides is 2. The summed E-state index contributed by atoms with van der Waals surface area (Å²) in [5, 5.41) is 5.90. The summed E-state index contributed by atoms with van der Waals surface area (Å²) in [7, 11) is 1.77. The number of para-hydroxylation sites is 1. The number of carbonyl (C=O) groups is 2. The van der Waals surface area contributed by atoms with Crippen LogP contribution in [0.4, 0.5) is 11.4 Å². The van der Waals surface area contributed by atoms with Crippen molar-refractivity contribution < 1.29 is 9.59 Å². The van der Waals surface area contributed by atoms with Crippen LogP contribution in [0.25, 0.3) is 0 Å². The monoisotopic (exact) mass is 367 g/mol. The van der Waals surface area contributed by atoms with Gasteiger partial charge in [0.05, 0.1) is 12.6 Å². The van der Waals surface area contributed by atoms with Crippen molar-refractivity contribution in [3.05, 3.63) is 58.7 Å². The third-order valence-electron chi connectivity index (χ3n) is 4.78. The number of anilines is 2. The highest BCUT2D eigenvalue weighted by Crippen LogP contribution is 2.22. The van der Waals surface area contributed by atoms with Crippen LogP contribution in [-0.2, 0) is 9.59 Å². The number of nitrogens with zero attached hydrogens (tertiary/aromatic N) is 1. The van der Waals surface area contributed by atoms with Crippen molar-refractivity contribution in [2.75, 3.05) is 24.2 Å². The minimum atomic E-state index is -0.435. The summed E-state index contributed by atoms with van der Waals surface area (Å²) < 4.78 is 0. The molecule has 0 radical (unpaired) electrons. The van der Waals surface area contributed by atoms with Crippen LogP contribution in [0.15, 0.2) is 36.4 Å². The molecule has 1 unspecified atom stereocenters. The van der Waals surface area contributed by atoms with Gasteiger partial charge in [0, 0.05) is 11.4 Å². The van der Waals surface area contributed by atoms with Crippen LogP contribution in [0.5, 0.6) is 0 Å². The van der Waals surface area contributed by atoms with E-state index in [1.807, 2.05) is 64.1 Å². The molecule has 0 aliphatic rings. The van der Waals surface area contributed by atoms with Gasteiger partial charge in [-0.1, -0.05) is 35.9 Å². The molecule has 2 rings (SSSR count). The second kappa shape index (κ2) is 8.82. The zero-order valence-electron chi connectivity index (χ0n) is 17.0. The molecular formula is C22H29N3O2. The third kappa shape index (κ3) is 5.41. The van der Waals surface area contributed by atoms with Crippen molar-refractivity contribution in [2.45, 2.75) is 40.7 Å². The molecule has 27 heavy (non-hydrogen) atoms. The van der Waals surface area contributed by atoms with Gasteiger partial charge in [-0.3, -0.25) is 14.5 Å². The predicted octanol–water partition coefficient (Wildman–Crippen LogP) is 3.82. The van der Waals surface area contributed by atoms with Gasteiger partial charge in [-0.2, -0.15) is 0 Å². The second-order valence-corrected chi connectivity index (χ2v) is 7.22. The van der Waals surface area contributed by atoms with Crippen LogP contribution >= 0.6 is 0 Å². The van der Waals surface area contributed by atoms with Gasteiger partial charge in [0.15, 0.2) is 0 Å². The largest absolute Gasteiger partial charge is 0.324 e. The Kier molecular flexibility index (Phi) is 6.75. The van der Waals surface area contributed by atoms with Gasteiger partial charge in [-0.25, -0.2) is 0 Å². The van der Waals surface area contributed by atoms with E-state index in [0.29, 0.717) is 0 Å². The van der Waals surface area contributed by atoms with Gasteiger partial charge >= 0.3 is 0 Å². The number of benzene rings is 2. The lowest BCUT2D eigenvalue weighted by atomic mass is 10.1. The number of nitrogens with one attached hydrogen (secondary N) is 2. The molecule has 0 bridgehead atoms. The van der Waals surface area contributed by atoms with Crippen molar-refractivity contribution in [1.29, 1.82) is 0 Å². The molecule has 0 aliphatic heterocycles. The highest BCUT2D eigenvalue weighted by molar-refractivity contribution is 5.97. The van der Waals surface area contributed by atoms with Crippen LogP contribution in [0.1, 0.15) is 29.2 Å². The average molecular weight is 367 g/mol. The third-order valence-corrected chi connectivity index (χ3v) is 4.78. The highest BCUT2D eigenvalue weighted by atomic mass is 16.2. The summed E-state index contributed by atoms with van der Waals surface area (Å²) in [6, 6.07) is 11.3. The Labute approximate surface area is 161 Å². The van der Waals surface area contributed by atoms with E-state index in [0.717, 1.165) is 28.1 Å². The lowest BCUT2D eigenvalue weighted by Gasteiger charge is -2.24. The highest BCUT2D eigenvalue weighted by Gasteiger charge is 2.21. The normalized spacial score (nSPS) is 12.0. The van der Waals surface area contributed by atoms with Crippen molar-refractivity contribution >= 4 is 23.2 Å². The maximum atomic E-state index is 12.5. The van der Waals surface area contributed by atoms with E-state index in [4.69, 9.17) is 0 Å². The second-order valence-electron chi connectivity index (χ2n) is 7.22. The lowest BCUT2D eigenvalue weighted by Crippen LogP contribution is -2.43. The molecule has 0 fully saturated rings. The van der Waals surface area contributed by atoms with E-state index in [2.05, 4.69) is 10.6 Å². The topological polar surface area (TPSA) is 61.4 Å². The summed E-state index contributed by atoms with van der Waals surface area (Å²) in [6.45, 7) is 9.88. The van der Waals surface area contributed by atoms with Crippen molar-refractivity contribution in [3.8, 4) is 0 Å². The summed E-state index contributed by atoms with van der Waals surface area (Å²) in [4.78, 5) is 26.7. The zero-order valence-corrected chi connectivity index (χ0v) is 17.0. The van der Waals surface area contributed by atoms with Gasteiger partial charge < -0.3 is 10.6 Å². The standard InChI is InChI=1S/C22H29N3O2/c1-14-11-16(3)21(17(4)12-14)24-20(26)13-25(6)18(5)22(27)23-19-10-8-7-9-15(19)2/h7-12,18H,13H2,1-6H3,(H,23,27)(H,24,26). The van der Waals surface area contributed by atoms with E-state index in [9.17, 15) is 9.59 Å². The molecule has 2 aromatic carbocycles. The molecule has 1 atom stereocenters. The van der Waals surface area contributed by atoms with E-state index in [1.54, 1.807) is 18.9 Å². The molecule has 0 saturated heterocycles. The Morgan fingerprint density at radius 1 is 0.963 bits per heavy atom. The maximum Gasteiger partial charge on any atom is 0.241 e. The average Bonchev–Trinajstić information content (AvgIpc) is 2.59. The van der Waals surface area contributed by atoms with Gasteiger partial charge in [0.25, 0.3) is 0 Å². The van der Waals surface area contributed by atoms with Crippen LogP contribution < -0.4 is 10.6 Å². The molecule has 5 heteroatoms. The van der Waals surface area contributed by atoms with Crippen LogP contribution in [-0.4, -0.2) is 36.3 Å². The van der Waals surface area contributed by atoms with Crippen molar-refractivity contribution in [1.82, 2.24) is 4.90 Å². The Morgan fingerprint density at radius 3 is 2.15 bits per heavy atom. The fourth-order valence-corrected chi connectivity index (χ4v) is 3.07. The van der Waals surface area contributed by atoms with Crippen LogP contribution in [0, 0.1) is 27.7 Å². The van der Waals surface area contributed by atoms with E-state index in [1.165, 1.54) is 5.56 Å². The zero-order chi connectivity index (χ0) is 20.1. The molecule has 0 heterocycles. The smallest absolute Gasteiger partial charge is 0.241 e. The Balaban J connectivity index is 1.97. The molecular weight excluding hydrogens is 338 g/mol. The van der Waals surface area contributed by atoms with Crippen LogP contribution in [0.2, 0.25) is 0 Å². The molecule has 2 aromatic rings. The fourth-order valence-electron chi connectivity index (χ4n) is 3.07. The van der Waals surface area contributed by atoms with Crippen molar-refractivity contribution in [3.63, 3.8) is 0 Å². The first-order chi connectivity index (χ1) is 12.7. The van der Waals surface area contributed by atoms with Crippen LogP contribution in [0.3, 0.4) is 0 Å².